The smallest absolute Gasteiger partial charge is 0.408 e. The van der Waals surface area contributed by atoms with Crippen LogP contribution in [0.4, 0.5) is 9.18 Å². The van der Waals surface area contributed by atoms with Crippen LogP contribution < -0.4 is 10.6 Å². The van der Waals surface area contributed by atoms with Crippen LogP contribution in [0.1, 0.15) is 77.7 Å². The predicted molar refractivity (Wildman–Crippen MR) is 121 cm³/mol. The number of amides is 2. The lowest BCUT2D eigenvalue weighted by Gasteiger charge is -2.39. The quantitative estimate of drug-likeness (QED) is 0.645. The van der Waals surface area contributed by atoms with Crippen LogP contribution in [-0.2, 0) is 19.7 Å². The van der Waals surface area contributed by atoms with Gasteiger partial charge in [0.25, 0.3) is 0 Å². The molecule has 1 heterocycles. The van der Waals surface area contributed by atoms with Crippen molar-refractivity contribution in [3.63, 3.8) is 0 Å². The van der Waals surface area contributed by atoms with E-state index in [1.807, 2.05) is 26.8 Å². The molecule has 1 aliphatic carbocycles. The normalized spacial score (nSPS) is 20.6. The Morgan fingerprint density at radius 3 is 2.31 bits per heavy atom. The standard InChI is InChI=1S/C25H37FN2O4/c1-23(2,3)32-22(30)28-24(11-6-4-5-7-12-24)18-27-21(29)25(13-15-31-16-14-25)19-9-8-10-20(26)17-19/h8-10,17H,4-7,11-16,18H2,1-3H3,(H,27,29)(H,28,30). The molecule has 1 saturated carbocycles. The number of alkyl carbamates (subject to hydrolysis) is 1. The van der Waals surface area contributed by atoms with Gasteiger partial charge >= 0.3 is 6.09 Å². The number of nitrogens with one attached hydrogen (secondary N) is 2. The highest BCUT2D eigenvalue weighted by Gasteiger charge is 2.43. The maximum Gasteiger partial charge on any atom is 0.408 e. The second-order valence-corrected chi connectivity index (χ2v) is 10.2. The third kappa shape index (κ3) is 6.21. The highest BCUT2D eigenvalue weighted by Crippen LogP contribution is 2.36. The Balaban J connectivity index is 1.78. The number of benzene rings is 1. The number of hydrogen-bond acceptors (Lipinski definition) is 4. The van der Waals surface area contributed by atoms with E-state index < -0.39 is 22.6 Å². The molecule has 0 radical (unpaired) electrons. The van der Waals surface area contributed by atoms with Crippen LogP contribution in [0.25, 0.3) is 0 Å². The summed E-state index contributed by atoms with van der Waals surface area (Å²) in [5.74, 6) is -0.492. The van der Waals surface area contributed by atoms with Crippen LogP contribution >= 0.6 is 0 Å². The summed E-state index contributed by atoms with van der Waals surface area (Å²) >= 11 is 0. The zero-order chi connectivity index (χ0) is 23.2. The molecule has 0 bridgehead atoms. The number of ether oxygens (including phenoxy) is 2. The molecule has 32 heavy (non-hydrogen) atoms. The lowest BCUT2D eigenvalue weighted by atomic mass is 9.73. The first-order chi connectivity index (χ1) is 15.1. The van der Waals surface area contributed by atoms with Crippen LogP contribution in [0, 0.1) is 5.82 Å². The zero-order valence-electron chi connectivity index (χ0n) is 19.6. The first-order valence-corrected chi connectivity index (χ1v) is 11.8. The summed E-state index contributed by atoms with van der Waals surface area (Å²) < 4.78 is 25.0. The molecule has 0 atom stereocenters. The van der Waals surface area contributed by atoms with E-state index in [9.17, 15) is 14.0 Å². The van der Waals surface area contributed by atoms with Gasteiger partial charge in [-0.05, 0) is 64.2 Å². The molecule has 2 amide bonds. The van der Waals surface area contributed by atoms with Crippen molar-refractivity contribution in [3.05, 3.63) is 35.6 Å². The zero-order valence-corrected chi connectivity index (χ0v) is 19.6. The van der Waals surface area contributed by atoms with E-state index >= 15 is 0 Å². The van der Waals surface area contributed by atoms with Crippen LogP contribution in [0.15, 0.2) is 24.3 Å². The average Bonchev–Trinajstić information content (AvgIpc) is 2.97. The van der Waals surface area contributed by atoms with Gasteiger partial charge in [0.2, 0.25) is 5.91 Å². The third-order valence-corrected chi connectivity index (χ3v) is 6.57. The Hall–Kier alpha value is -2.15. The van der Waals surface area contributed by atoms with Crippen molar-refractivity contribution in [3.8, 4) is 0 Å². The van der Waals surface area contributed by atoms with Gasteiger partial charge in [-0.3, -0.25) is 4.79 Å². The number of carbonyl (C=O) groups is 2. The SMILES string of the molecule is CC(C)(C)OC(=O)NC1(CNC(=O)C2(c3cccc(F)c3)CCOCC2)CCCCCC1. The van der Waals surface area contributed by atoms with E-state index in [-0.39, 0.29) is 11.7 Å². The minimum atomic E-state index is -0.835. The van der Waals surface area contributed by atoms with E-state index in [4.69, 9.17) is 9.47 Å². The van der Waals surface area contributed by atoms with E-state index in [0.717, 1.165) is 38.5 Å². The van der Waals surface area contributed by atoms with Gasteiger partial charge in [0.1, 0.15) is 11.4 Å². The Bertz CT molecular complexity index is 791. The summed E-state index contributed by atoms with van der Waals surface area (Å²) in [7, 11) is 0. The molecule has 6 nitrogen and oxygen atoms in total. The van der Waals surface area contributed by atoms with Crippen molar-refractivity contribution in [1.82, 2.24) is 10.6 Å². The van der Waals surface area contributed by atoms with Crippen LogP contribution in [-0.4, -0.2) is 42.9 Å². The van der Waals surface area contributed by atoms with Crippen molar-refractivity contribution in [2.45, 2.75) is 88.7 Å². The number of carbonyl (C=O) groups excluding carboxylic acids is 2. The van der Waals surface area contributed by atoms with Crippen molar-refractivity contribution < 1.29 is 23.5 Å². The maximum atomic E-state index is 14.0. The van der Waals surface area contributed by atoms with Gasteiger partial charge in [0.15, 0.2) is 0 Å². The lowest BCUT2D eigenvalue weighted by molar-refractivity contribution is -0.130. The largest absolute Gasteiger partial charge is 0.444 e. The van der Waals surface area contributed by atoms with Gasteiger partial charge in [0, 0.05) is 19.8 Å². The molecule has 3 rings (SSSR count). The number of halogens is 1. The first-order valence-electron chi connectivity index (χ1n) is 11.8. The Morgan fingerprint density at radius 2 is 1.72 bits per heavy atom. The Morgan fingerprint density at radius 1 is 1.06 bits per heavy atom. The summed E-state index contributed by atoms with van der Waals surface area (Å²) in [6.45, 7) is 6.73. The third-order valence-electron chi connectivity index (χ3n) is 6.57. The predicted octanol–water partition coefficient (Wildman–Crippen LogP) is 4.61. The van der Waals surface area contributed by atoms with E-state index in [0.29, 0.717) is 38.2 Å². The highest BCUT2D eigenvalue weighted by molar-refractivity contribution is 5.88. The molecule has 0 spiro atoms. The summed E-state index contributed by atoms with van der Waals surface area (Å²) in [5, 5.41) is 6.22. The van der Waals surface area contributed by atoms with Crippen LogP contribution in [0.5, 0.6) is 0 Å². The molecule has 2 fully saturated rings. The van der Waals surface area contributed by atoms with Gasteiger partial charge in [-0.1, -0.05) is 37.8 Å². The molecule has 7 heteroatoms. The summed E-state index contributed by atoms with van der Waals surface area (Å²) in [4.78, 5) is 26.2. The van der Waals surface area contributed by atoms with E-state index in [1.54, 1.807) is 6.07 Å². The van der Waals surface area contributed by atoms with Crippen molar-refractivity contribution in [2.75, 3.05) is 19.8 Å². The van der Waals surface area contributed by atoms with Crippen molar-refractivity contribution >= 4 is 12.0 Å². The monoisotopic (exact) mass is 448 g/mol. The average molecular weight is 449 g/mol. The van der Waals surface area contributed by atoms with Gasteiger partial charge in [0.05, 0.1) is 11.0 Å². The molecule has 1 saturated heterocycles. The molecule has 0 aromatic heterocycles. The second-order valence-electron chi connectivity index (χ2n) is 10.2. The van der Waals surface area contributed by atoms with Gasteiger partial charge in [-0.25, -0.2) is 9.18 Å². The molecule has 2 aliphatic rings. The molecular weight excluding hydrogens is 411 g/mol. The molecule has 2 N–H and O–H groups in total. The van der Waals surface area contributed by atoms with Crippen molar-refractivity contribution in [2.24, 2.45) is 0 Å². The topological polar surface area (TPSA) is 76.7 Å². The molecule has 178 valence electrons. The first kappa shape index (κ1) is 24.5. The van der Waals surface area contributed by atoms with Gasteiger partial charge in [-0.2, -0.15) is 0 Å². The Labute approximate surface area is 190 Å². The van der Waals surface area contributed by atoms with Crippen LogP contribution in [0.2, 0.25) is 0 Å². The Kier molecular flexibility index (Phi) is 7.80. The van der Waals surface area contributed by atoms with Crippen molar-refractivity contribution in [1.29, 1.82) is 0 Å². The minimum absolute atomic E-state index is 0.138. The van der Waals surface area contributed by atoms with Gasteiger partial charge < -0.3 is 20.1 Å². The summed E-state index contributed by atoms with van der Waals surface area (Å²) in [6, 6.07) is 6.30. The maximum absolute atomic E-state index is 14.0. The molecule has 1 aliphatic heterocycles. The fraction of sp³-hybridized carbons (Fsp3) is 0.680. The number of rotatable bonds is 5. The summed E-state index contributed by atoms with van der Waals surface area (Å²) in [6.07, 6.45) is 6.27. The fourth-order valence-corrected chi connectivity index (χ4v) is 4.84. The summed E-state index contributed by atoms with van der Waals surface area (Å²) in [5.41, 5.74) is -1.31. The molecular formula is C25H37FN2O4. The molecule has 1 aromatic carbocycles. The van der Waals surface area contributed by atoms with Crippen LogP contribution in [0.3, 0.4) is 0 Å². The van der Waals surface area contributed by atoms with Gasteiger partial charge in [-0.15, -0.1) is 0 Å². The molecule has 0 unspecified atom stereocenters. The number of hydrogen-bond donors (Lipinski definition) is 2. The second kappa shape index (κ2) is 10.2. The van der Waals surface area contributed by atoms with E-state index in [2.05, 4.69) is 10.6 Å². The molecule has 1 aromatic rings. The highest BCUT2D eigenvalue weighted by atomic mass is 19.1. The lowest BCUT2D eigenvalue weighted by Crippen LogP contribution is -2.58. The minimum Gasteiger partial charge on any atom is -0.444 e. The van der Waals surface area contributed by atoms with E-state index in [1.165, 1.54) is 12.1 Å². The fourth-order valence-electron chi connectivity index (χ4n) is 4.84.